The lowest BCUT2D eigenvalue weighted by atomic mass is 10.1. The van der Waals surface area contributed by atoms with E-state index in [0.29, 0.717) is 31.2 Å². The third kappa shape index (κ3) is 7.62. The highest BCUT2D eigenvalue weighted by atomic mass is 127. The Morgan fingerprint density at radius 2 is 1.58 bits per heavy atom. The molecule has 2 amide bonds. The number of benzene rings is 2. The third-order valence-electron chi connectivity index (χ3n) is 5.45. The number of halogens is 1. The van der Waals surface area contributed by atoms with E-state index in [1.165, 1.54) is 5.69 Å². The van der Waals surface area contributed by atoms with Crippen LogP contribution in [0.5, 0.6) is 0 Å². The summed E-state index contributed by atoms with van der Waals surface area (Å²) in [5.41, 5.74) is 2.87. The summed E-state index contributed by atoms with van der Waals surface area (Å²) < 4.78 is 0. The molecule has 0 unspecified atom stereocenters. The number of nitrogens with one attached hydrogen (secondary N) is 2. The molecule has 0 spiro atoms. The molecule has 1 fully saturated rings. The Balaban J connectivity index is 0.00000385. The minimum atomic E-state index is -0.0231. The molecule has 1 aliphatic heterocycles. The summed E-state index contributed by atoms with van der Waals surface area (Å²) >= 11 is 0. The highest BCUT2D eigenvalue weighted by molar-refractivity contribution is 14.0. The van der Waals surface area contributed by atoms with E-state index in [2.05, 4.69) is 32.7 Å². The van der Waals surface area contributed by atoms with Gasteiger partial charge in [0.2, 0.25) is 5.91 Å². The molecule has 2 N–H and O–H groups in total. The summed E-state index contributed by atoms with van der Waals surface area (Å²) in [7, 11) is 5.15. The van der Waals surface area contributed by atoms with E-state index < -0.39 is 0 Å². The first-order chi connectivity index (χ1) is 15.5. The summed E-state index contributed by atoms with van der Waals surface area (Å²) in [6.07, 6.45) is 0. The molecule has 0 saturated carbocycles. The Bertz CT molecular complexity index is 926. The molecule has 1 saturated heterocycles. The van der Waals surface area contributed by atoms with Crippen molar-refractivity contribution in [3.05, 3.63) is 65.7 Å². The van der Waals surface area contributed by atoms with E-state index in [1.54, 1.807) is 26.0 Å². The molecule has 33 heavy (non-hydrogen) atoms. The average Bonchev–Trinajstić information content (AvgIpc) is 2.84. The smallest absolute Gasteiger partial charge is 0.253 e. The zero-order valence-corrected chi connectivity index (χ0v) is 21.8. The van der Waals surface area contributed by atoms with Crippen molar-refractivity contribution in [2.75, 3.05) is 58.8 Å². The normalized spacial score (nSPS) is 13.7. The Kier molecular flexibility index (Phi) is 10.4. The second-order valence-corrected chi connectivity index (χ2v) is 7.88. The van der Waals surface area contributed by atoms with Gasteiger partial charge in [0.05, 0.1) is 6.54 Å². The van der Waals surface area contributed by atoms with Crippen molar-refractivity contribution in [2.45, 2.75) is 6.54 Å². The predicted molar refractivity (Wildman–Crippen MR) is 143 cm³/mol. The highest BCUT2D eigenvalue weighted by Crippen LogP contribution is 2.15. The lowest BCUT2D eigenvalue weighted by Gasteiger charge is -2.36. The number of aliphatic imine (C=N–C) groups is 1. The molecule has 0 atom stereocenters. The monoisotopic (exact) mass is 564 g/mol. The van der Waals surface area contributed by atoms with E-state index in [4.69, 9.17) is 0 Å². The average molecular weight is 564 g/mol. The maximum atomic E-state index is 12.6. The van der Waals surface area contributed by atoms with Crippen LogP contribution in [0.25, 0.3) is 0 Å². The van der Waals surface area contributed by atoms with Gasteiger partial charge in [-0.1, -0.05) is 30.3 Å². The van der Waals surface area contributed by atoms with Gasteiger partial charge in [0.15, 0.2) is 5.96 Å². The Morgan fingerprint density at radius 3 is 2.15 bits per heavy atom. The number of amides is 2. The fraction of sp³-hybridized carbons (Fsp3) is 0.375. The number of carbonyl (C=O) groups excluding carboxylic acids is 2. The predicted octanol–water partition coefficient (Wildman–Crippen LogP) is 2.02. The number of hydrogen-bond acceptors (Lipinski definition) is 4. The zero-order chi connectivity index (χ0) is 22.9. The highest BCUT2D eigenvalue weighted by Gasteiger charge is 2.21. The topological polar surface area (TPSA) is 80.3 Å². The van der Waals surface area contributed by atoms with Gasteiger partial charge in [-0.2, -0.15) is 0 Å². The Hall–Kier alpha value is -2.82. The molecular weight excluding hydrogens is 531 g/mol. The van der Waals surface area contributed by atoms with Crippen LogP contribution in [0.4, 0.5) is 5.69 Å². The summed E-state index contributed by atoms with van der Waals surface area (Å²) in [6, 6.07) is 17.7. The molecule has 0 bridgehead atoms. The largest absolute Gasteiger partial charge is 0.368 e. The van der Waals surface area contributed by atoms with Crippen LogP contribution in [0.2, 0.25) is 0 Å². The summed E-state index contributed by atoms with van der Waals surface area (Å²) in [4.78, 5) is 34.5. The van der Waals surface area contributed by atoms with E-state index in [1.807, 2.05) is 47.4 Å². The first-order valence-corrected chi connectivity index (χ1v) is 10.8. The van der Waals surface area contributed by atoms with E-state index in [9.17, 15) is 9.59 Å². The van der Waals surface area contributed by atoms with Crippen molar-refractivity contribution >= 4 is 47.4 Å². The molecular formula is C24H33IN6O2. The summed E-state index contributed by atoms with van der Waals surface area (Å²) in [5, 5.41) is 6.31. The number of carbonyl (C=O) groups is 2. The minimum absolute atomic E-state index is 0. The standard InChI is InChI=1S/C24H32N6O2.HI/c1-25-24(26-17-19-9-11-20(12-10-19)23(32)28(2)3)27-18-22(31)30-15-13-29(14-16-30)21-7-5-4-6-8-21;/h4-12H,13-18H2,1-3H3,(H2,25,26,27);1H. The van der Waals surface area contributed by atoms with Gasteiger partial charge in [0, 0.05) is 65.1 Å². The van der Waals surface area contributed by atoms with Crippen molar-refractivity contribution in [2.24, 2.45) is 4.99 Å². The molecule has 0 aliphatic carbocycles. The first-order valence-electron chi connectivity index (χ1n) is 10.8. The van der Waals surface area contributed by atoms with Crippen molar-refractivity contribution in [1.82, 2.24) is 20.4 Å². The van der Waals surface area contributed by atoms with E-state index in [-0.39, 0.29) is 42.3 Å². The Labute approximate surface area is 213 Å². The van der Waals surface area contributed by atoms with Crippen LogP contribution in [-0.4, -0.2) is 81.4 Å². The maximum absolute atomic E-state index is 12.6. The van der Waals surface area contributed by atoms with Gasteiger partial charge in [-0.25, -0.2) is 0 Å². The maximum Gasteiger partial charge on any atom is 0.253 e. The minimum Gasteiger partial charge on any atom is -0.368 e. The van der Waals surface area contributed by atoms with E-state index >= 15 is 0 Å². The van der Waals surface area contributed by atoms with Gasteiger partial charge < -0.3 is 25.3 Å². The van der Waals surface area contributed by atoms with Crippen LogP contribution >= 0.6 is 24.0 Å². The SMILES string of the molecule is CN=C(NCC(=O)N1CCN(c2ccccc2)CC1)NCc1ccc(C(=O)N(C)C)cc1.I. The second-order valence-electron chi connectivity index (χ2n) is 7.88. The second kappa shape index (κ2) is 13.0. The molecule has 1 aliphatic rings. The molecule has 2 aromatic carbocycles. The summed E-state index contributed by atoms with van der Waals surface area (Å²) in [6.45, 7) is 3.81. The van der Waals surface area contributed by atoms with E-state index in [0.717, 1.165) is 18.7 Å². The van der Waals surface area contributed by atoms with Crippen molar-refractivity contribution < 1.29 is 9.59 Å². The van der Waals surface area contributed by atoms with Crippen LogP contribution in [0.3, 0.4) is 0 Å². The molecule has 1 heterocycles. The number of nitrogens with zero attached hydrogens (tertiary/aromatic N) is 4. The summed E-state index contributed by atoms with van der Waals surface area (Å²) in [5.74, 6) is 0.604. The van der Waals surface area contributed by atoms with Gasteiger partial charge in [-0.15, -0.1) is 24.0 Å². The third-order valence-corrected chi connectivity index (χ3v) is 5.45. The lowest BCUT2D eigenvalue weighted by Crippen LogP contribution is -2.52. The molecule has 178 valence electrons. The molecule has 2 aromatic rings. The van der Waals surface area contributed by atoms with Crippen LogP contribution in [0, 0.1) is 0 Å². The number of para-hydroxylation sites is 1. The zero-order valence-electron chi connectivity index (χ0n) is 19.5. The molecule has 3 rings (SSSR count). The molecule has 9 heteroatoms. The van der Waals surface area contributed by atoms with Crippen molar-refractivity contribution in [1.29, 1.82) is 0 Å². The van der Waals surface area contributed by atoms with Crippen LogP contribution in [-0.2, 0) is 11.3 Å². The number of rotatable bonds is 6. The number of guanidine groups is 1. The first kappa shape index (κ1) is 26.4. The van der Waals surface area contributed by atoms with Crippen molar-refractivity contribution in [3.8, 4) is 0 Å². The van der Waals surface area contributed by atoms with Gasteiger partial charge >= 0.3 is 0 Å². The van der Waals surface area contributed by atoms with Gasteiger partial charge in [-0.05, 0) is 29.8 Å². The molecule has 8 nitrogen and oxygen atoms in total. The Morgan fingerprint density at radius 1 is 0.939 bits per heavy atom. The fourth-order valence-electron chi connectivity index (χ4n) is 3.55. The van der Waals surface area contributed by atoms with Crippen LogP contribution in [0.1, 0.15) is 15.9 Å². The quantitative estimate of drug-likeness (QED) is 0.319. The van der Waals surface area contributed by atoms with Crippen LogP contribution in [0.15, 0.2) is 59.6 Å². The van der Waals surface area contributed by atoms with Crippen LogP contribution < -0.4 is 15.5 Å². The van der Waals surface area contributed by atoms with Gasteiger partial charge in [0.1, 0.15) is 0 Å². The number of anilines is 1. The molecule has 0 radical (unpaired) electrons. The van der Waals surface area contributed by atoms with Crippen molar-refractivity contribution in [3.63, 3.8) is 0 Å². The lowest BCUT2D eigenvalue weighted by molar-refractivity contribution is -0.130. The molecule has 0 aromatic heterocycles. The number of hydrogen-bond donors (Lipinski definition) is 2. The van der Waals surface area contributed by atoms with Gasteiger partial charge in [-0.3, -0.25) is 14.6 Å². The fourth-order valence-corrected chi connectivity index (χ4v) is 3.55. The number of piperazine rings is 1. The van der Waals surface area contributed by atoms with Gasteiger partial charge in [0.25, 0.3) is 5.91 Å².